The molecule has 1 unspecified atom stereocenters. The molecule has 1 aliphatic heterocycles. The smallest absolute Gasteiger partial charge is 0.251 e. The molecule has 3 rings (SSSR count). The van der Waals surface area contributed by atoms with Crippen LogP contribution in [-0.2, 0) is 0 Å². The molecule has 5 heteroatoms. The summed E-state index contributed by atoms with van der Waals surface area (Å²) in [5.74, 6) is 1.39. The van der Waals surface area contributed by atoms with Gasteiger partial charge in [-0.3, -0.25) is 9.69 Å². The van der Waals surface area contributed by atoms with E-state index in [1.807, 2.05) is 43.3 Å². The number of amides is 1. The Morgan fingerprint density at radius 3 is 2.48 bits per heavy atom. The van der Waals surface area contributed by atoms with Crippen LogP contribution in [0, 0.1) is 6.92 Å². The lowest BCUT2D eigenvalue weighted by Gasteiger charge is -2.28. The summed E-state index contributed by atoms with van der Waals surface area (Å²) in [5.41, 5.74) is 2.90. The molecule has 2 aromatic rings. The van der Waals surface area contributed by atoms with Gasteiger partial charge in [-0.2, -0.15) is 0 Å². The van der Waals surface area contributed by atoms with Gasteiger partial charge in [-0.15, -0.1) is 0 Å². The van der Waals surface area contributed by atoms with Crippen LogP contribution in [0.1, 0.15) is 40.4 Å². The lowest BCUT2D eigenvalue weighted by atomic mass is 10.0. The van der Waals surface area contributed by atoms with Crippen molar-refractivity contribution in [1.29, 1.82) is 0 Å². The van der Waals surface area contributed by atoms with Crippen LogP contribution < -0.4 is 14.8 Å². The van der Waals surface area contributed by atoms with Gasteiger partial charge in [0.25, 0.3) is 5.91 Å². The van der Waals surface area contributed by atoms with Gasteiger partial charge in [0.05, 0.1) is 20.3 Å². The van der Waals surface area contributed by atoms with E-state index < -0.39 is 0 Å². The number of methoxy groups -OCH3 is 2. The van der Waals surface area contributed by atoms with Crippen molar-refractivity contribution in [3.63, 3.8) is 0 Å². The molecule has 0 saturated carbocycles. The standard InChI is InChI=1S/C22H28N2O3/c1-16-7-6-8-18(13-16)22(25)23-15-19(24-11-4-5-12-24)17-9-10-20(26-2)21(14-17)27-3/h6-10,13-14,19H,4-5,11-12,15H2,1-3H3,(H,23,25). The first-order valence-electron chi connectivity index (χ1n) is 9.43. The number of rotatable bonds is 7. The normalized spacial score (nSPS) is 15.4. The number of hydrogen-bond acceptors (Lipinski definition) is 4. The molecule has 1 atom stereocenters. The van der Waals surface area contributed by atoms with E-state index in [1.54, 1.807) is 14.2 Å². The monoisotopic (exact) mass is 368 g/mol. The molecule has 0 spiro atoms. The Kier molecular flexibility index (Phi) is 6.35. The van der Waals surface area contributed by atoms with Crippen LogP contribution >= 0.6 is 0 Å². The number of carbonyl (C=O) groups is 1. The van der Waals surface area contributed by atoms with E-state index in [0.717, 1.165) is 24.2 Å². The Labute approximate surface area is 161 Å². The Balaban J connectivity index is 1.79. The third-order valence-corrected chi connectivity index (χ3v) is 5.11. The minimum absolute atomic E-state index is 0.0385. The van der Waals surface area contributed by atoms with Crippen LogP contribution in [0.15, 0.2) is 42.5 Å². The molecule has 1 fully saturated rings. The van der Waals surface area contributed by atoms with Crippen molar-refractivity contribution in [1.82, 2.24) is 10.2 Å². The van der Waals surface area contributed by atoms with Gasteiger partial charge in [0.1, 0.15) is 0 Å². The van der Waals surface area contributed by atoms with Gasteiger partial charge in [-0.1, -0.05) is 23.8 Å². The van der Waals surface area contributed by atoms with Gasteiger partial charge in [0, 0.05) is 12.1 Å². The largest absolute Gasteiger partial charge is 0.493 e. The number of likely N-dealkylation sites (tertiary alicyclic amines) is 1. The summed E-state index contributed by atoms with van der Waals surface area (Å²) >= 11 is 0. The molecule has 0 radical (unpaired) electrons. The number of benzene rings is 2. The Morgan fingerprint density at radius 1 is 1.07 bits per heavy atom. The predicted molar refractivity (Wildman–Crippen MR) is 107 cm³/mol. The van der Waals surface area contributed by atoms with Crippen LogP contribution in [0.5, 0.6) is 11.5 Å². The summed E-state index contributed by atoms with van der Waals surface area (Å²) in [6, 6.07) is 13.8. The number of carbonyl (C=O) groups excluding carboxylic acids is 1. The van der Waals surface area contributed by atoms with Crippen molar-refractivity contribution in [3.05, 3.63) is 59.2 Å². The molecular formula is C22H28N2O3. The topological polar surface area (TPSA) is 50.8 Å². The predicted octanol–water partition coefficient (Wildman–Crippen LogP) is 3.58. The maximum absolute atomic E-state index is 12.6. The lowest BCUT2D eigenvalue weighted by molar-refractivity contribution is 0.0938. The highest BCUT2D eigenvalue weighted by molar-refractivity contribution is 5.94. The first-order valence-corrected chi connectivity index (χ1v) is 9.43. The van der Waals surface area contributed by atoms with Gasteiger partial charge in [-0.25, -0.2) is 0 Å². The second-order valence-electron chi connectivity index (χ2n) is 6.95. The highest BCUT2D eigenvalue weighted by Crippen LogP contribution is 2.33. The van der Waals surface area contributed by atoms with Gasteiger partial charge in [0.15, 0.2) is 11.5 Å². The second kappa shape index (κ2) is 8.91. The van der Waals surface area contributed by atoms with Crippen LogP contribution in [0.4, 0.5) is 0 Å². The van der Waals surface area contributed by atoms with Crippen molar-refractivity contribution in [2.45, 2.75) is 25.8 Å². The van der Waals surface area contributed by atoms with E-state index in [-0.39, 0.29) is 11.9 Å². The zero-order valence-electron chi connectivity index (χ0n) is 16.3. The number of ether oxygens (including phenoxy) is 2. The number of aryl methyl sites for hydroxylation is 1. The molecule has 144 valence electrons. The van der Waals surface area contributed by atoms with E-state index in [2.05, 4.69) is 16.3 Å². The molecule has 1 N–H and O–H groups in total. The molecule has 0 bridgehead atoms. The third-order valence-electron chi connectivity index (χ3n) is 5.11. The summed E-state index contributed by atoms with van der Waals surface area (Å²) in [6.45, 7) is 4.63. The van der Waals surface area contributed by atoms with Crippen LogP contribution in [-0.4, -0.2) is 44.7 Å². The minimum atomic E-state index is -0.0385. The van der Waals surface area contributed by atoms with Crippen molar-refractivity contribution in [2.75, 3.05) is 33.9 Å². The summed E-state index contributed by atoms with van der Waals surface area (Å²) in [5, 5.41) is 3.12. The molecule has 0 aliphatic carbocycles. The van der Waals surface area contributed by atoms with E-state index in [0.29, 0.717) is 23.6 Å². The molecule has 1 heterocycles. The SMILES string of the molecule is COc1ccc(C(CNC(=O)c2cccc(C)c2)N2CCCC2)cc1OC. The molecule has 2 aromatic carbocycles. The van der Waals surface area contributed by atoms with Crippen molar-refractivity contribution < 1.29 is 14.3 Å². The fourth-order valence-electron chi connectivity index (χ4n) is 3.65. The molecule has 0 aromatic heterocycles. The first-order chi connectivity index (χ1) is 13.1. The average molecular weight is 368 g/mol. The summed E-state index contributed by atoms with van der Waals surface area (Å²) < 4.78 is 10.8. The molecule has 1 amide bonds. The van der Waals surface area contributed by atoms with Crippen molar-refractivity contribution >= 4 is 5.91 Å². The molecular weight excluding hydrogens is 340 g/mol. The Bertz CT molecular complexity index is 785. The van der Waals surface area contributed by atoms with Crippen molar-refractivity contribution in [3.8, 4) is 11.5 Å². The average Bonchev–Trinajstić information content (AvgIpc) is 3.22. The van der Waals surface area contributed by atoms with E-state index in [9.17, 15) is 4.79 Å². The maximum Gasteiger partial charge on any atom is 0.251 e. The Hall–Kier alpha value is -2.53. The van der Waals surface area contributed by atoms with Gasteiger partial charge in [-0.05, 0) is 62.7 Å². The molecule has 1 saturated heterocycles. The minimum Gasteiger partial charge on any atom is -0.493 e. The van der Waals surface area contributed by atoms with E-state index in [4.69, 9.17) is 9.47 Å². The van der Waals surface area contributed by atoms with Crippen LogP contribution in [0.25, 0.3) is 0 Å². The van der Waals surface area contributed by atoms with Crippen LogP contribution in [0.3, 0.4) is 0 Å². The summed E-state index contributed by atoms with van der Waals surface area (Å²) in [7, 11) is 3.28. The highest BCUT2D eigenvalue weighted by atomic mass is 16.5. The quantitative estimate of drug-likeness (QED) is 0.812. The number of nitrogens with zero attached hydrogens (tertiary/aromatic N) is 1. The number of nitrogens with one attached hydrogen (secondary N) is 1. The van der Waals surface area contributed by atoms with E-state index in [1.165, 1.54) is 12.8 Å². The van der Waals surface area contributed by atoms with Crippen LogP contribution in [0.2, 0.25) is 0 Å². The number of hydrogen-bond donors (Lipinski definition) is 1. The first kappa shape index (κ1) is 19.2. The summed E-state index contributed by atoms with van der Waals surface area (Å²) in [4.78, 5) is 15.0. The molecule has 1 aliphatic rings. The van der Waals surface area contributed by atoms with Crippen molar-refractivity contribution in [2.24, 2.45) is 0 Å². The maximum atomic E-state index is 12.6. The Morgan fingerprint density at radius 2 is 1.81 bits per heavy atom. The van der Waals surface area contributed by atoms with E-state index >= 15 is 0 Å². The van der Waals surface area contributed by atoms with Gasteiger partial charge in [0.2, 0.25) is 0 Å². The fraction of sp³-hybridized carbons (Fsp3) is 0.409. The lowest BCUT2D eigenvalue weighted by Crippen LogP contribution is -2.36. The third kappa shape index (κ3) is 4.61. The molecule has 5 nitrogen and oxygen atoms in total. The fourth-order valence-corrected chi connectivity index (χ4v) is 3.65. The zero-order valence-corrected chi connectivity index (χ0v) is 16.3. The summed E-state index contributed by atoms with van der Waals surface area (Å²) in [6.07, 6.45) is 2.38. The molecule has 27 heavy (non-hydrogen) atoms. The van der Waals surface area contributed by atoms with Gasteiger partial charge < -0.3 is 14.8 Å². The zero-order chi connectivity index (χ0) is 19.2. The highest BCUT2D eigenvalue weighted by Gasteiger charge is 2.25. The van der Waals surface area contributed by atoms with Gasteiger partial charge >= 0.3 is 0 Å². The second-order valence-corrected chi connectivity index (χ2v) is 6.95.